The van der Waals surface area contributed by atoms with Crippen molar-refractivity contribution in [3.8, 4) is 0 Å². The molecule has 0 saturated carbocycles. The molecule has 2 aromatic rings. The highest BCUT2D eigenvalue weighted by molar-refractivity contribution is 6.08. The first-order chi connectivity index (χ1) is 10.1. The van der Waals surface area contributed by atoms with Crippen LogP contribution >= 0.6 is 0 Å². The summed E-state index contributed by atoms with van der Waals surface area (Å²) >= 11 is 0. The van der Waals surface area contributed by atoms with E-state index in [0.717, 1.165) is 11.3 Å². The fourth-order valence-corrected chi connectivity index (χ4v) is 2.70. The van der Waals surface area contributed by atoms with Crippen LogP contribution in [-0.2, 0) is 12.8 Å². The van der Waals surface area contributed by atoms with Crippen molar-refractivity contribution in [2.45, 2.75) is 19.8 Å². The average Bonchev–Trinajstić information content (AvgIpc) is 3.12. The number of carboxylic acids is 1. The van der Waals surface area contributed by atoms with Gasteiger partial charge in [-0.25, -0.2) is 4.79 Å². The summed E-state index contributed by atoms with van der Waals surface area (Å²) in [5.41, 5.74) is 2.51. The van der Waals surface area contributed by atoms with Gasteiger partial charge in [-0.05, 0) is 36.2 Å². The molecule has 5 heteroatoms. The highest BCUT2D eigenvalue weighted by Gasteiger charge is 2.28. The lowest BCUT2D eigenvalue weighted by Gasteiger charge is -2.17. The van der Waals surface area contributed by atoms with Crippen molar-refractivity contribution >= 4 is 17.6 Å². The molecule has 0 unspecified atom stereocenters. The molecule has 108 valence electrons. The highest BCUT2D eigenvalue weighted by atomic mass is 16.4. The van der Waals surface area contributed by atoms with E-state index in [1.165, 1.54) is 12.3 Å². The van der Waals surface area contributed by atoms with Crippen molar-refractivity contribution in [3.63, 3.8) is 0 Å². The van der Waals surface area contributed by atoms with E-state index in [4.69, 9.17) is 9.52 Å². The summed E-state index contributed by atoms with van der Waals surface area (Å²) in [5.74, 6) is -0.372. The Morgan fingerprint density at radius 1 is 1.33 bits per heavy atom. The van der Waals surface area contributed by atoms with E-state index in [0.29, 0.717) is 30.7 Å². The minimum atomic E-state index is -0.953. The van der Waals surface area contributed by atoms with Crippen molar-refractivity contribution in [1.82, 2.24) is 0 Å². The first-order valence-electron chi connectivity index (χ1n) is 6.86. The van der Waals surface area contributed by atoms with Gasteiger partial charge in [0.05, 0.1) is 17.4 Å². The van der Waals surface area contributed by atoms with Gasteiger partial charge in [0.25, 0.3) is 5.91 Å². The predicted octanol–water partition coefficient (Wildman–Crippen LogP) is 2.74. The predicted molar refractivity (Wildman–Crippen MR) is 76.9 cm³/mol. The Morgan fingerprint density at radius 3 is 2.86 bits per heavy atom. The molecule has 21 heavy (non-hydrogen) atoms. The van der Waals surface area contributed by atoms with E-state index in [2.05, 4.69) is 0 Å². The summed E-state index contributed by atoms with van der Waals surface area (Å²) < 4.78 is 5.31. The van der Waals surface area contributed by atoms with E-state index in [9.17, 15) is 9.59 Å². The number of furan rings is 1. The first kappa shape index (κ1) is 13.4. The van der Waals surface area contributed by atoms with Crippen LogP contribution in [0, 0.1) is 0 Å². The smallest absolute Gasteiger partial charge is 0.335 e. The number of rotatable bonds is 3. The third-order valence-electron chi connectivity index (χ3n) is 3.76. The van der Waals surface area contributed by atoms with Gasteiger partial charge in [0.1, 0.15) is 5.76 Å². The molecule has 0 bridgehead atoms. The second-order valence-corrected chi connectivity index (χ2v) is 4.97. The van der Waals surface area contributed by atoms with Gasteiger partial charge in [0.15, 0.2) is 0 Å². The number of carboxylic acid groups (broad SMARTS) is 1. The van der Waals surface area contributed by atoms with Gasteiger partial charge in [-0.3, -0.25) is 4.79 Å². The molecular formula is C16H15NO4. The topological polar surface area (TPSA) is 70.8 Å². The molecule has 1 aromatic heterocycles. The van der Waals surface area contributed by atoms with E-state index < -0.39 is 5.97 Å². The van der Waals surface area contributed by atoms with Gasteiger partial charge in [-0.2, -0.15) is 0 Å². The number of carbonyl (C=O) groups excluding carboxylic acids is 1. The highest BCUT2D eigenvalue weighted by Crippen LogP contribution is 2.31. The van der Waals surface area contributed by atoms with Crippen molar-refractivity contribution in [2.75, 3.05) is 11.4 Å². The maximum atomic E-state index is 12.6. The second kappa shape index (κ2) is 5.09. The SMILES string of the molecule is CCc1occc1C(=O)N1CCc2cc(C(=O)O)ccc21. The van der Waals surface area contributed by atoms with Crippen molar-refractivity contribution in [1.29, 1.82) is 0 Å². The number of aromatic carboxylic acids is 1. The van der Waals surface area contributed by atoms with Crippen LogP contribution in [0.3, 0.4) is 0 Å². The standard InChI is InChI=1S/C16H15NO4/c1-2-14-12(6-8-21-14)15(18)17-7-5-10-9-11(16(19)20)3-4-13(10)17/h3-4,6,8-9H,2,5,7H2,1H3,(H,19,20). The Morgan fingerprint density at radius 2 is 2.14 bits per heavy atom. The number of benzene rings is 1. The number of hydrogen-bond donors (Lipinski definition) is 1. The van der Waals surface area contributed by atoms with Gasteiger partial charge in [0.2, 0.25) is 0 Å². The molecule has 1 aromatic carbocycles. The largest absolute Gasteiger partial charge is 0.478 e. The zero-order valence-electron chi connectivity index (χ0n) is 11.6. The molecule has 1 amide bonds. The monoisotopic (exact) mass is 285 g/mol. The van der Waals surface area contributed by atoms with Crippen LogP contribution in [0.15, 0.2) is 34.9 Å². The van der Waals surface area contributed by atoms with Gasteiger partial charge in [-0.1, -0.05) is 6.92 Å². The number of fused-ring (bicyclic) bond motifs is 1. The molecule has 3 rings (SSSR count). The fourth-order valence-electron chi connectivity index (χ4n) is 2.70. The molecule has 0 atom stereocenters. The van der Waals surface area contributed by atoms with Crippen LogP contribution in [0.25, 0.3) is 0 Å². The number of amides is 1. The van der Waals surface area contributed by atoms with Gasteiger partial charge >= 0.3 is 5.97 Å². The molecule has 5 nitrogen and oxygen atoms in total. The normalized spacial score (nSPS) is 13.3. The van der Waals surface area contributed by atoms with Gasteiger partial charge in [-0.15, -0.1) is 0 Å². The zero-order valence-corrected chi connectivity index (χ0v) is 11.6. The van der Waals surface area contributed by atoms with Gasteiger partial charge in [0, 0.05) is 18.7 Å². The Labute approximate surface area is 121 Å². The summed E-state index contributed by atoms with van der Waals surface area (Å²) in [6.45, 7) is 2.50. The summed E-state index contributed by atoms with van der Waals surface area (Å²) in [5, 5.41) is 9.02. The Kier molecular flexibility index (Phi) is 3.25. The number of anilines is 1. The third-order valence-corrected chi connectivity index (χ3v) is 3.76. The van der Waals surface area contributed by atoms with Crippen LogP contribution < -0.4 is 4.90 Å². The molecule has 0 spiro atoms. The van der Waals surface area contributed by atoms with E-state index in [1.807, 2.05) is 6.92 Å². The average molecular weight is 285 g/mol. The molecule has 1 aliphatic heterocycles. The van der Waals surface area contributed by atoms with Crippen LogP contribution in [0.2, 0.25) is 0 Å². The Bertz CT molecular complexity index is 717. The summed E-state index contributed by atoms with van der Waals surface area (Å²) in [4.78, 5) is 25.3. The maximum Gasteiger partial charge on any atom is 0.335 e. The van der Waals surface area contributed by atoms with Crippen LogP contribution in [0.4, 0.5) is 5.69 Å². The molecular weight excluding hydrogens is 270 g/mol. The number of aryl methyl sites for hydroxylation is 1. The molecule has 0 fully saturated rings. The maximum absolute atomic E-state index is 12.6. The summed E-state index contributed by atoms with van der Waals surface area (Å²) in [6, 6.07) is 6.56. The third kappa shape index (κ3) is 2.20. The summed E-state index contributed by atoms with van der Waals surface area (Å²) in [6.07, 6.45) is 2.85. The van der Waals surface area contributed by atoms with Crippen LogP contribution in [0.5, 0.6) is 0 Å². The molecule has 0 aliphatic carbocycles. The summed E-state index contributed by atoms with van der Waals surface area (Å²) in [7, 11) is 0. The lowest BCUT2D eigenvalue weighted by Crippen LogP contribution is -2.29. The zero-order chi connectivity index (χ0) is 15.0. The first-order valence-corrected chi connectivity index (χ1v) is 6.86. The van der Waals surface area contributed by atoms with Crippen molar-refractivity contribution in [3.05, 3.63) is 53.0 Å². The number of hydrogen-bond acceptors (Lipinski definition) is 3. The number of nitrogens with zero attached hydrogens (tertiary/aromatic N) is 1. The second-order valence-electron chi connectivity index (χ2n) is 4.97. The minimum Gasteiger partial charge on any atom is -0.478 e. The van der Waals surface area contributed by atoms with E-state index >= 15 is 0 Å². The molecule has 0 saturated heterocycles. The van der Waals surface area contributed by atoms with Crippen molar-refractivity contribution in [2.24, 2.45) is 0 Å². The van der Waals surface area contributed by atoms with Crippen molar-refractivity contribution < 1.29 is 19.1 Å². The fraction of sp³-hybridized carbons (Fsp3) is 0.250. The Hall–Kier alpha value is -2.56. The quantitative estimate of drug-likeness (QED) is 0.941. The molecule has 1 N–H and O–H groups in total. The molecule has 0 radical (unpaired) electrons. The lowest BCUT2D eigenvalue weighted by molar-refractivity contribution is 0.0696. The van der Waals surface area contributed by atoms with E-state index in [-0.39, 0.29) is 11.5 Å². The van der Waals surface area contributed by atoms with Gasteiger partial charge < -0.3 is 14.4 Å². The lowest BCUT2D eigenvalue weighted by atomic mass is 10.1. The molecule has 1 aliphatic rings. The van der Waals surface area contributed by atoms with E-state index in [1.54, 1.807) is 23.1 Å². The number of carbonyl (C=O) groups is 2. The Balaban J connectivity index is 1.94. The van der Waals surface area contributed by atoms with Crippen LogP contribution in [-0.4, -0.2) is 23.5 Å². The van der Waals surface area contributed by atoms with Crippen LogP contribution in [0.1, 0.15) is 39.0 Å². The molecule has 2 heterocycles. The minimum absolute atomic E-state index is 0.0950.